The van der Waals surface area contributed by atoms with Gasteiger partial charge in [0.25, 0.3) is 0 Å². The van der Waals surface area contributed by atoms with E-state index in [-0.39, 0.29) is 0 Å². The predicted octanol–water partition coefficient (Wildman–Crippen LogP) is 2.66. The number of ether oxygens (including phenoxy) is 2. The highest BCUT2D eigenvalue weighted by molar-refractivity contribution is 7.99. The first-order valence-corrected chi connectivity index (χ1v) is 10.8. The maximum Gasteiger partial charge on any atom is 0.191 e. The van der Waals surface area contributed by atoms with Crippen LogP contribution < -0.4 is 10.6 Å². The standard InChI is InChI=1S/C18H35N3O2S/c1-19-18(21-16-5-3-6-17(13-16)24-2)20-9-4-10-23-14-15-7-11-22-12-8-15/h15-17H,3-14H2,1-2H3,(H2,19,20,21). The summed E-state index contributed by atoms with van der Waals surface area (Å²) in [5, 5.41) is 7.80. The highest BCUT2D eigenvalue weighted by atomic mass is 32.2. The van der Waals surface area contributed by atoms with Gasteiger partial charge in [0.05, 0.1) is 0 Å². The molecule has 2 fully saturated rings. The molecular formula is C18H35N3O2S. The molecule has 1 heterocycles. The zero-order chi connectivity index (χ0) is 17.0. The van der Waals surface area contributed by atoms with Crippen LogP contribution in [0.5, 0.6) is 0 Å². The highest BCUT2D eigenvalue weighted by Crippen LogP contribution is 2.26. The smallest absolute Gasteiger partial charge is 0.191 e. The molecule has 1 aliphatic heterocycles. The van der Waals surface area contributed by atoms with Crippen LogP contribution >= 0.6 is 11.8 Å². The van der Waals surface area contributed by atoms with Crippen LogP contribution in [-0.4, -0.2) is 63.5 Å². The number of thioether (sulfide) groups is 1. The molecule has 1 saturated carbocycles. The second-order valence-corrected chi connectivity index (χ2v) is 7.99. The van der Waals surface area contributed by atoms with Crippen molar-refractivity contribution in [1.29, 1.82) is 0 Å². The first-order chi connectivity index (χ1) is 11.8. The van der Waals surface area contributed by atoms with Crippen LogP contribution in [0.25, 0.3) is 0 Å². The molecule has 24 heavy (non-hydrogen) atoms. The molecule has 5 nitrogen and oxygen atoms in total. The highest BCUT2D eigenvalue weighted by Gasteiger charge is 2.21. The molecule has 0 radical (unpaired) electrons. The minimum Gasteiger partial charge on any atom is -0.381 e. The summed E-state index contributed by atoms with van der Waals surface area (Å²) in [5.74, 6) is 1.63. The Bertz CT molecular complexity index is 362. The lowest BCUT2D eigenvalue weighted by Crippen LogP contribution is -2.46. The van der Waals surface area contributed by atoms with E-state index in [0.29, 0.717) is 12.0 Å². The van der Waals surface area contributed by atoms with E-state index < -0.39 is 0 Å². The van der Waals surface area contributed by atoms with Gasteiger partial charge in [-0.2, -0.15) is 11.8 Å². The second-order valence-electron chi connectivity index (χ2n) is 6.85. The van der Waals surface area contributed by atoms with Gasteiger partial charge < -0.3 is 20.1 Å². The summed E-state index contributed by atoms with van der Waals surface area (Å²) in [6.07, 6.45) is 10.7. The Balaban J connectivity index is 1.51. The van der Waals surface area contributed by atoms with Crippen molar-refractivity contribution in [3.63, 3.8) is 0 Å². The third-order valence-corrected chi connectivity index (χ3v) is 6.07. The van der Waals surface area contributed by atoms with Crippen molar-refractivity contribution in [2.24, 2.45) is 10.9 Å². The van der Waals surface area contributed by atoms with E-state index in [1.807, 2.05) is 18.8 Å². The Kier molecular flexibility index (Phi) is 9.92. The predicted molar refractivity (Wildman–Crippen MR) is 103 cm³/mol. The van der Waals surface area contributed by atoms with Crippen LogP contribution in [0.3, 0.4) is 0 Å². The van der Waals surface area contributed by atoms with Crippen LogP contribution in [0.4, 0.5) is 0 Å². The van der Waals surface area contributed by atoms with Gasteiger partial charge in [-0.1, -0.05) is 6.42 Å². The third kappa shape index (κ3) is 7.62. The molecule has 0 aromatic carbocycles. The van der Waals surface area contributed by atoms with Crippen LogP contribution in [0.15, 0.2) is 4.99 Å². The molecule has 0 bridgehead atoms. The van der Waals surface area contributed by atoms with Gasteiger partial charge >= 0.3 is 0 Å². The average Bonchev–Trinajstić information content (AvgIpc) is 2.64. The molecule has 2 N–H and O–H groups in total. The Morgan fingerprint density at radius 2 is 2.08 bits per heavy atom. The van der Waals surface area contributed by atoms with Crippen LogP contribution in [0.1, 0.15) is 44.9 Å². The minimum atomic E-state index is 0.562. The van der Waals surface area contributed by atoms with E-state index in [9.17, 15) is 0 Å². The van der Waals surface area contributed by atoms with Crippen molar-refractivity contribution in [1.82, 2.24) is 10.6 Å². The molecule has 6 heteroatoms. The van der Waals surface area contributed by atoms with E-state index in [2.05, 4.69) is 21.9 Å². The fourth-order valence-corrected chi connectivity index (χ4v) is 4.25. The van der Waals surface area contributed by atoms with Crippen molar-refractivity contribution in [3.05, 3.63) is 0 Å². The van der Waals surface area contributed by atoms with Gasteiger partial charge in [0.2, 0.25) is 0 Å². The van der Waals surface area contributed by atoms with E-state index in [4.69, 9.17) is 9.47 Å². The molecule has 2 atom stereocenters. The Morgan fingerprint density at radius 1 is 1.25 bits per heavy atom. The van der Waals surface area contributed by atoms with Crippen LogP contribution in [0.2, 0.25) is 0 Å². The van der Waals surface area contributed by atoms with Crippen molar-refractivity contribution in [2.45, 2.75) is 56.2 Å². The van der Waals surface area contributed by atoms with E-state index in [0.717, 1.165) is 63.4 Å². The molecule has 1 saturated heterocycles. The molecule has 2 aliphatic rings. The molecule has 0 amide bonds. The lowest BCUT2D eigenvalue weighted by atomic mass is 9.95. The lowest BCUT2D eigenvalue weighted by Gasteiger charge is -2.29. The van der Waals surface area contributed by atoms with Crippen molar-refractivity contribution in [3.8, 4) is 0 Å². The SMILES string of the molecule is CN=C(NCCCOCC1CCOCC1)NC1CCCC(SC)C1. The van der Waals surface area contributed by atoms with E-state index in [1.54, 1.807) is 0 Å². The van der Waals surface area contributed by atoms with E-state index in [1.165, 1.54) is 25.7 Å². The molecule has 2 unspecified atom stereocenters. The number of guanidine groups is 1. The van der Waals surface area contributed by atoms with Gasteiger partial charge in [0.1, 0.15) is 0 Å². The summed E-state index contributed by atoms with van der Waals surface area (Å²) >= 11 is 2.00. The first kappa shape index (κ1) is 19.9. The molecule has 0 aromatic heterocycles. The van der Waals surface area contributed by atoms with Crippen molar-refractivity contribution < 1.29 is 9.47 Å². The van der Waals surface area contributed by atoms with Gasteiger partial charge in [0, 0.05) is 51.3 Å². The maximum absolute atomic E-state index is 5.81. The van der Waals surface area contributed by atoms with Gasteiger partial charge in [-0.05, 0) is 50.7 Å². The van der Waals surface area contributed by atoms with Crippen LogP contribution in [-0.2, 0) is 9.47 Å². The number of aliphatic imine (C=N–C) groups is 1. The molecule has 0 aromatic rings. The quantitative estimate of drug-likeness (QED) is 0.397. The van der Waals surface area contributed by atoms with Crippen molar-refractivity contribution >= 4 is 17.7 Å². The normalized spacial score (nSPS) is 26.3. The number of nitrogens with one attached hydrogen (secondary N) is 2. The summed E-state index contributed by atoms with van der Waals surface area (Å²) in [6, 6.07) is 0.562. The zero-order valence-corrected chi connectivity index (χ0v) is 16.2. The van der Waals surface area contributed by atoms with Gasteiger partial charge in [-0.3, -0.25) is 4.99 Å². The molecular weight excluding hydrogens is 322 g/mol. The maximum atomic E-state index is 5.81. The monoisotopic (exact) mass is 357 g/mol. The summed E-state index contributed by atoms with van der Waals surface area (Å²) in [7, 11) is 1.85. The second kappa shape index (κ2) is 12.0. The summed E-state index contributed by atoms with van der Waals surface area (Å²) in [5.41, 5.74) is 0. The van der Waals surface area contributed by atoms with Gasteiger partial charge in [0.15, 0.2) is 5.96 Å². The lowest BCUT2D eigenvalue weighted by molar-refractivity contribution is 0.0203. The Labute approximate surface area is 151 Å². The number of hydrogen-bond donors (Lipinski definition) is 2. The Morgan fingerprint density at radius 3 is 2.83 bits per heavy atom. The summed E-state index contributed by atoms with van der Waals surface area (Å²) in [6.45, 7) is 4.41. The fourth-order valence-electron chi connectivity index (χ4n) is 3.42. The average molecular weight is 358 g/mol. The van der Waals surface area contributed by atoms with Crippen LogP contribution in [0, 0.1) is 5.92 Å². The molecule has 0 spiro atoms. The summed E-state index contributed by atoms with van der Waals surface area (Å²) < 4.78 is 11.2. The molecule has 1 aliphatic carbocycles. The minimum absolute atomic E-state index is 0.562. The van der Waals surface area contributed by atoms with Gasteiger partial charge in [-0.15, -0.1) is 0 Å². The van der Waals surface area contributed by atoms with Crippen molar-refractivity contribution in [2.75, 3.05) is 46.3 Å². The molecule has 140 valence electrons. The van der Waals surface area contributed by atoms with E-state index >= 15 is 0 Å². The largest absolute Gasteiger partial charge is 0.381 e. The first-order valence-electron chi connectivity index (χ1n) is 9.47. The molecule has 2 rings (SSSR count). The van der Waals surface area contributed by atoms with Gasteiger partial charge in [-0.25, -0.2) is 0 Å². The fraction of sp³-hybridized carbons (Fsp3) is 0.944. The topological polar surface area (TPSA) is 54.9 Å². The third-order valence-electron chi connectivity index (χ3n) is 4.98. The number of rotatable bonds is 8. The Hall–Kier alpha value is -0.460. The summed E-state index contributed by atoms with van der Waals surface area (Å²) in [4.78, 5) is 4.36. The number of nitrogens with zero attached hydrogens (tertiary/aromatic N) is 1. The zero-order valence-electron chi connectivity index (χ0n) is 15.4. The number of hydrogen-bond acceptors (Lipinski definition) is 4.